The van der Waals surface area contributed by atoms with Gasteiger partial charge in [-0.25, -0.2) is 20.1 Å². The maximum absolute atomic E-state index is 12.9. The lowest BCUT2D eigenvalue weighted by Gasteiger charge is -2.31. The Kier molecular flexibility index (Phi) is 11.8. The van der Waals surface area contributed by atoms with Crippen LogP contribution in [0.25, 0.3) is 0 Å². The van der Waals surface area contributed by atoms with E-state index in [9.17, 15) is 27.6 Å². The van der Waals surface area contributed by atoms with E-state index < -0.39 is 31.2 Å². The van der Waals surface area contributed by atoms with Crippen molar-refractivity contribution in [2.45, 2.75) is 77.7 Å². The zero-order valence-corrected chi connectivity index (χ0v) is 26.2. The molecule has 0 spiro atoms. The Morgan fingerprint density at radius 2 is 1.79 bits per heavy atom. The number of rotatable bonds is 14. The monoisotopic (exact) mass is 627 g/mol. The number of nitrogens with one attached hydrogen (secondary N) is 2. The van der Waals surface area contributed by atoms with E-state index in [2.05, 4.69) is 45.5 Å². The largest absolute Gasteiger partial charge is 0.419 e. The summed E-state index contributed by atoms with van der Waals surface area (Å²) in [7, 11) is -1.28. The summed E-state index contributed by atoms with van der Waals surface area (Å²) in [6.07, 6.45) is -0.0382. The number of amides is 1. The van der Waals surface area contributed by atoms with Gasteiger partial charge >= 0.3 is 6.18 Å². The van der Waals surface area contributed by atoms with Crippen LogP contribution in [0.2, 0.25) is 25.7 Å². The Bertz CT molecular complexity index is 1290. The number of ketones is 1. The molecule has 0 saturated carbocycles. The van der Waals surface area contributed by atoms with Crippen LogP contribution in [-0.2, 0) is 27.3 Å². The molecule has 0 aromatic carbocycles. The van der Waals surface area contributed by atoms with E-state index in [1.54, 1.807) is 11.8 Å². The number of halogens is 3. The number of nitrogens with zero attached hydrogens (tertiary/aromatic N) is 5. The van der Waals surface area contributed by atoms with Crippen LogP contribution in [0.5, 0.6) is 0 Å². The Morgan fingerprint density at radius 1 is 1.14 bits per heavy atom. The molecule has 3 heterocycles. The van der Waals surface area contributed by atoms with Crippen LogP contribution < -0.4 is 21.3 Å². The summed E-state index contributed by atoms with van der Waals surface area (Å²) in [5.74, 6) is -0.422. The number of aromatic nitrogens is 4. The van der Waals surface area contributed by atoms with Crippen LogP contribution >= 0.6 is 0 Å². The maximum atomic E-state index is 12.9. The molecule has 1 aliphatic rings. The molecule has 0 bridgehead atoms. The zero-order chi connectivity index (χ0) is 31.8. The highest BCUT2D eigenvalue weighted by Gasteiger charge is 2.32. The van der Waals surface area contributed by atoms with Gasteiger partial charge in [0.1, 0.15) is 12.3 Å². The van der Waals surface area contributed by atoms with E-state index in [1.807, 2.05) is 0 Å². The molecule has 1 amide bonds. The van der Waals surface area contributed by atoms with Gasteiger partial charge in [-0.05, 0) is 38.7 Å². The summed E-state index contributed by atoms with van der Waals surface area (Å²) < 4.78 is 44.9. The number of hydroxylamine groups is 1. The number of Topliss-reactive ketones (excluding diaryl/α,β-unsaturated/α-hetero) is 1. The second-order valence-corrected chi connectivity index (χ2v) is 17.5. The molecule has 2 aromatic heterocycles. The minimum Gasteiger partial charge on any atom is -0.378 e. The first-order valence-electron chi connectivity index (χ1n) is 14.1. The van der Waals surface area contributed by atoms with Gasteiger partial charge in [0.25, 0.3) is 5.56 Å². The summed E-state index contributed by atoms with van der Waals surface area (Å²) in [6.45, 7) is 11.3. The highest BCUT2D eigenvalue weighted by Crippen LogP contribution is 2.29. The zero-order valence-electron chi connectivity index (χ0n) is 25.2. The molecular weight excluding hydrogens is 587 g/mol. The van der Waals surface area contributed by atoms with Crippen molar-refractivity contribution in [3.8, 4) is 0 Å². The number of alkyl halides is 3. The van der Waals surface area contributed by atoms with E-state index in [4.69, 9.17) is 9.57 Å². The highest BCUT2D eigenvalue weighted by atomic mass is 28.3. The van der Waals surface area contributed by atoms with Crippen molar-refractivity contribution in [2.24, 2.45) is 5.92 Å². The molecule has 1 aliphatic heterocycles. The Labute approximate surface area is 249 Å². The third-order valence-corrected chi connectivity index (χ3v) is 8.57. The molecule has 1 saturated heterocycles. The number of anilines is 2. The molecule has 0 aliphatic carbocycles. The van der Waals surface area contributed by atoms with Gasteiger partial charge in [0.05, 0.1) is 24.1 Å². The Morgan fingerprint density at radius 3 is 2.37 bits per heavy atom. The molecule has 1 unspecified atom stereocenters. The molecule has 1 fully saturated rings. The van der Waals surface area contributed by atoms with Gasteiger partial charge < -0.3 is 15.0 Å². The van der Waals surface area contributed by atoms with E-state index >= 15 is 0 Å². The summed E-state index contributed by atoms with van der Waals surface area (Å²) in [5.41, 5.74) is 1.20. The molecule has 1 atom stereocenters. The number of hydrogen-bond acceptors (Lipinski definition) is 10. The van der Waals surface area contributed by atoms with Crippen LogP contribution in [0.1, 0.15) is 49.0 Å². The number of carbonyl (C=O) groups excluding carboxylic acids is 2. The fraction of sp³-hybridized carbons (Fsp3) is 0.630. The third-order valence-electron chi connectivity index (χ3n) is 6.86. The minimum absolute atomic E-state index is 0.0345. The first-order valence-corrected chi connectivity index (χ1v) is 17.8. The van der Waals surface area contributed by atoms with Crippen molar-refractivity contribution in [1.82, 2.24) is 25.2 Å². The summed E-state index contributed by atoms with van der Waals surface area (Å²) in [5, 5.41) is 7.18. The lowest BCUT2D eigenvalue weighted by atomic mass is 9.93. The van der Waals surface area contributed by atoms with Crippen LogP contribution in [-0.4, -0.2) is 71.9 Å². The smallest absolute Gasteiger partial charge is 0.378 e. The van der Waals surface area contributed by atoms with Crippen LogP contribution in [0.15, 0.2) is 23.4 Å². The van der Waals surface area contributed by atoms with Gasteiger partial charge in [-0.3, -0.25) is 19.2 Å². The molecule has 238 valence electrons. The van der Waals surface area contributed by atoms with Crippen molar-refractivity contribution >= 4 is 31.4 Å². The van der Waals surface area contributed by atoms with E-state index in [-0.39, 0.29) is 54.8 Å². The van der Waals surface area contributed by atoms with Crippen molar-refractivity contribution in [1.29, 1.82) is 0 Å². The lowest BCUT2D eigenvalue weighted by molar-refractivity contribution is -0.138. The highest BCUT2D eigenvalue weighted by molar-refractivity contribution is 6.76. The van der Waals surface area contributed by atoms with E-state index in [0.29, 0.717) is 32.5 Å². The standard InChI is InChI=1S/C27H40F3N7O5Si/c1-18(34-22-15-33-37(25(40)24(22)19(2)38)17-41-10-11-43(3,4)5)16-42-35-23(39)12-20-6-8-36(9-7-20)26-31-13-21(14-32-26)27(28,29)30/h13-15,18,20,34H,6-12,16-17H2,1-5H3,(H,35,39). The average molecular weight is 628 g/mol. The normalized spacial score (nSPS) is 15.3. The maximum Gasteiger partial charge on any atom is 0.419 e. The molecular formula is C27H40F3N7O5Si. The first-order chi connectivity index (χ1) is 20.1. The lowest BCUT2D eigenvalue weighted by Crippen LogP contribution is -2.37. The molecule has 43 heavy (non-hydrogen) atoms. The van der Waals surface area contributed by atoms with Crippen LogP contribution in [0.3, 0.4) is 0 Å². The number of piperidine rings is 1. The first kappa shape index (κ1) is 34.1. The Balaban J connectivity index is 1.41. The second kappa shape index (κ2) is 14.9. The van der Waals surface area contributed by atoms with Crippen molar-refractivity contribution in [2.75, 3.05) is 36.5 Å². The van der Waals surface area contributed by atoms with Gasteiger partial charge in [0.15, 0.2) is 5.78 Å². The van der Waals surface area contributed by atoms with E-state index in [0.717, 1.165) is 23.1 Å². The summed E-state index contributed by atoms with van der Waals surface area (Å²) in [4.78, 5) is 52.4. The topological polar surface area (TPSA) is 141 Å². The second-order valence-electron chi connectivity index (χ2n) is 11.9. The van der Waals surface area contributed by atoms with E-state index in [1.165, 1.54) is 13.1 Å². The predicted octanol–water partition coefficient (Wildman–Crippen LogP) is 3.72. The average Bonchev–Trinajstić information content (AvgIpc) is 2.91. The molecule has 0 radical (unpaired) electrons. The van der Waals surface area contributed by atoms with Crippen molar-refractivity contribution in [3.63, 3.8) is 0 Å². The van der Waals surface area contributed by atoms with Crippen molar-refractivity contribution < 1.29 is 32.3 Å². The molecule has 16 heteroatoms. The Hall–Kier alpha value is -3.37. The minimum atomic E-state index is -4.49. The molecule has 12 nitrogen and oxygen atoms in total. The van der Waals surface area contributed by atoms with Crippen LogP contribution in [0, 0.1) is 5.92 Å². The van der Waals surface area contributed by atoms with Crippen molar-refractivity contribution in [3.05, 3.63) is 40.1 Å². The fourth-order valence-corrected chi connectivity index (χ4v) is 5.14. The van der Waals surface area contributed by atoms with Gasteiger partial charge in [0.2, 0.25) is 11.9 Å². The predicted molar refractivity (Wildman–Crippen MR) is 156 cm³/mol. The molecule has 3 rings (SSSR count). The molecule has 2 aromatic rings. The van der Waals surface area contributed by atoms with Gasteiger partial charge in [-0.15, -0.1) is 0 Å². The summed E-state index contributed by atoms with van der Waals surface area (Å²) in [6, 6.07) is 0.561. The van der Waals surface area contributed by atoms with Gasteiger partial charge in [-0.1, -0.05) is 19.6 Å². The number of carbonyl (C=O) groups is 2. The third kappa shape index (κ3) is 10.7. The number of hydrogen-bond donors (Lipinski definition) is 2. The summed E-state index contributed by atoms with van der Waals surface area (Å²) >= 11 is 0. The SMILES string of the molecule is CC(=O)c1c(NC(C)CONC(=O)CC2CCN(c3ncc(C(F)(F)F)cn3)CC2)cnn(COCC[Si](C)(C)C)c1=O. The van der Waals surface area contributed by atoms with Crippen LogP contribution in [0.4, 0.5) is 24.8 Å². The van der Waals surface area contributed by atoms with Gasteiger partial charge in [0, 0.05) is 52.6 Å². The van der Waals surface area contributed by atoms with Gasteiger partial charge in [-0.2, -0.15) is 18.3 Å². The number of ether oxygens (including phenoxy) is 1. The fourth-order valence-electron chi connectivity index (χ4n) is 4.39. The quantitative estimate of drug-likeness (QED) is 0.138. The molecule has 2 N–H and O–H groups in total.